The number of aryl methyl sites for hydroxylation is 1. The predicted molar refractivity (Wildman–Crippen MR) is 68.6 cm³/mol. The molecule has 0 N–H and O–H groups in total. The Labute approximate surface area is 120 Å². The average Bonchev–Trinajstić information content (AvgIpc) is 2.41. The lowest BCUT2D eigenvalue weighted by Gasteiger charge is -2.34. The van der Waals surface area contributed by atoms with Crippen molar-refractivity contribution < 1.29 is 19.2 Å². The van der Waals surface area contributed by atoms with E-state index in [0.29, 0.717) is 0 Å². The topological polar surface area (TPSA) is 6.48 Å². The lowest BCUT2D eigenvalue weighted by atomic mass is 10.2. The Morgan fingerprint density at radius 2 is 2.07 bits per heavy atom. The molecule has 0 bridgehead atoms. The van der Waals surface area contributed by atoms with E-state index in [1.165, 1.54) is 6.07 Å². The minimum Gasteiger partial charge on any atom is -0.369 e. The predicted octanol–water partition coefficient (Wildman–Crippen LogP) is 2.51. The molecule has 0 aliphatic carbocycles. The van der Waals surface area contributed by atoms with Crippen LogP contribution in [0.1, 0.15) is 24.8 Å². The van der Waals surface area contributed by atoms with Crippen LogP contribution in [-0.4, -0.2) is 37.9 Å². The molecule has 2 nitrogen and oxygen atoms in total. The monoisotopic (exact) mass is 282 g/mol. The van der Waals surface area contributed by atoms with Gasteiger partial charge in [-0.05, 0) is 37.6 Å². The largest absolute Gasteiger partial charge is 0.369 e. The maximum Gasteiger partial charge on any atom is 0.0506 e. The van der Waals surface area contributed by atoms with Gasteiger partial charge in [0, 0.05) is 49.9 Å². The third kappa shape index (κ3) is 2.73. The van der Waals surface area contributed by atoms with Crippen molar-refractivity contribution in [2.24, 2.45) is 0 Å². The molecule has 1 saturated heterocycles. The third-order valence-electron chi connectivity index (χ3n) is 1.69. The molecular formula is C12H17BrN2. The van der Waals surface area contributed by atoms with Gasteiger partial charge < -0.3 is 9.80 Å². The summed E-state index contributed by atoms with van der Waals surface area (Å²) in [5, 5.41) is 0. The maximum atomic E-state index is 8.23. The molecule has 0 atom stereocenters. The van der Waals surface area contributed by atoms with Crippen molar-refractivity contribution in [3.8, 4) is 0 Å². The van der Waals surface area contributed by atoms with Crippen LogP contribution in [0.3, 0.4) is 0 Å². The van der Waals surface area contributed by atoms with Crippen molar-refractivity contribution in [3.63, 3.8) is 0 Å². The van der Waals surface area contributed by atoms with Crippen LogP contribution in [0.25, 0.3) is 0 Å². The minimum absolute atomic E-state index is 0.104. The molecule has 0 aromatic heterocycles. The first-order valence-corrected chi connectivity index (χ1v) is 4.81. The number of halogens is 1. The molecule has 1 aromatic carbocycles. The fraction of sp³-hybridized carbons (Fsp3) is 0.500. The Bertz CT molecular complexity index is 771. The fourth-order valence-corrected chi connectivity index (χ4v) is 1.57. The van der Waals surface area contributed by atoms with Crippen LogP contribution in [0, 0.1) is 6.85 Å². The van der Waals surface area contributed by atoms with E-state index in [0.717, 1.165) is 12.1 Å². The van der Waals surface area contributed by atoms with Crippen LogP contribution >= 0.6 is 15.9 Å². The van der Waals surface area contributed by atoms with Gasteiger partial charge in [-0.3, -0.25) is 0 Å². The fourth-order valence-electron chi connectivity index (χ4n) is 1.09. The van der Waals surface area contributed by atoms with Gasteiger partial charge in [-0.2, -0.15) is 0 Å². The smallest absolute Gasteiger partial charge is 0.0506 e. The summed E-state index contributed by atoms with van der Waals surface area (Å²) in [7, 11) is 0. The molecule has 0 amide bonds. The first kappa shape index (κ1) is 3.02. The normalized spacial score (nSPS) is 47.1. The number of hydrogen-bond donors (Lipinski definition) is 0. The minimum atomic E-state index is -3.53. The van der Waals surface area contributed by atoms with Gasteiger partial charge in [0.2, 0.25) is 0 Å². The average molecular weight is 283 g/mol. The van der Waals surface area contributed by atoms with Gasteiger partial charge in [0.25, 0.3) is 0 Å². The van der Waals surface area contributed by atoms with E-state index in [-0.39, 0.29) is 14.9 Å². The van der Waals surface area contributed by atoms with E-state index in [9.17, 15) is 0 Å². The molecule has 0 unspecified atom stereocenters. The highest BCUT2D eigenvalue weighted by Crippen LogP contribution is 2.23. The summed E-state index contributed by atoms with van der Waals surface area (Å²) in [6.45, 7) is -20.1. The summed E-state index contributed by atoms with van der Waals surface area (Å²) < 4.78 is 110. The van der Waals surface area contributed by atoms with E-state index < -0.39 is 50.4 Å². The SMILES string of the molecule is [2H]C([2H])([2H])c1cc(Br)cc(N2C([2H])([2H])C([2H])([2H])N(C([2H])([2H])[2H])C([2H])([2H])C2([2H])[2H])c1. The zero-order valence-electron chi connectivity index (χ0n) is 21.5. The van der Waals surface area contributed by atoms with Gasteiger partial charge in [0.05, 0.1) is 5.48 Å². The molecule has 3 heteroatoms. The van der Waals surface area contributed by atoms with Crippen molar-refractivity contribution >= 4 is 21.6 Å². The summed E-state index contributed by atoms with van der Waals surface area (Å²) in [6, 6.07) is 3.18. The Morgan fingerprint density at radius 3 is 2.73 bits per heavy atom. The van der Waals surface area contributed by atoms with Gasteiger partial charge in [-0.1, -0.05) is 15.9 Å². The van der Waals surface area contributed by atoms with Crippen molar-refractivity contribution in [1.82, 2.24) is 4.90 Å². The van der Waals surface area contributed by atoms with Crippen molar-refractivity contribution in [3.05, 3.63) is 28.2 Å². The molecule has 1 fully saturated rings. The van der Waals surface area contributed by atoms with Gasteiger partial charge in [-0.25, -0.2) is 0 Å². The molecule has 1 aromatic rings. The van der Waals surface area contributed by atoms with Crippen molar-refractivity contribution in [1.29, 1.82) is 0 Å². The third-order valence-corrected chi connectivity index (χ3v) is 2.15. The highest BCUT2D eigenvalue weighted by molar-refractivity contribution is 9.10. The van der Waals surface area contributed by atoms with Gasteiger partial charge in [0.1, 0.15) is 0 Å². The van der Waals surface area contributed by atoms with E-state index >= 15 is 0 Å². The van der Waals surface area contributed by atoms with Gasteiger partial charge in [0.15, 0.2) is 0 Å². The molecular weight excluding hydrogens is 252 g/mol. The first-order valence-electron chi connectivity index (χ1n) is 11.0. The summed E-state index contributed by atoms with van der Waals surface area (Å²) in [5.41, 5.74) is -0.800. The molecule has 0 saturated carbocycles. The number of nitrogens with zero attached hydrogens (tertiary/aromatic N) is 2. The zero-order valence-corrected chi connectivity index (χ0v) is 9.09. The number of piperazine rings is 1. The summed E-state index contributed by atoms with van der Waals surface area (Å²) in [5.74, 6) is 0. The van der Waals surface area contributed by atoms with E-state index in [4.69, 9.17) is 19.2 Å². The van der Waals surface area contributed by atoms with Gasteiger partial charge >= 0.3 is 0 Å². The van der Waals surface area contributed by atoms with E-state index in [2.05, 4.69) is 15.9 Å². The highest BCUT2D eigenvalue weighted by Gasteiger charge is 2.14. The second-order valence-electron chi connectivity index (χ2n) is 2.82. The van der Waals surface area contributed by atoms with Crippen LogP contribution in [0.4, 0.5) is 5.69 Å². The Hall–Kier alpha value is -0.540. The van der Waals surface area contributed by atoms with E-state index in [1.54, 1.807) is 0 Å². The number of anilines is 1. The summed E-state index contributed by atoms with van der Waals surface area (Å²) in [6.07, 6.45) is 0. The lowest BCUT2D eigenvalue weighted by molar-refractivity contribution is 0.313. The van der Waals surface area contributed by atoms with Gasteiger partial charge in [-0.15, -0.1) is 0 Å². The van der Waals surface area contributed by atoms with Crippen LogP contribution in [0.15, 0.2) is 22.7 Å². The highest BCUT2D eigenvalue weighted by atomic mass is 79.9. The maximum absolute atomic E-state index is 8.23. The molecule has 2 rings (SSSR count). The summed E-state index contributed by atoms with van der Waals surface area (Å²) >= 11 is 3.04. The van der Waals surface area contributed by atoms with Crippen molar-refractivity contribution in [2.45, 2.75) is 6.85 Å². The first-order chi connectivity index (χ1) is 12.6. The quantitative estimate of drug-likeness (QED) is 0.781. The van der Waals surface area contributed by atoms with Crippen LogP contribution in [0.2, 0.25) is 0 Å². The second-order valence-corrected chi connectivity index (χ2v) is 3.73. The molecule has 1 aliphatic rings. The summed E-state index contributed by atoms with van der Waals surface area (Å²) in [4.78, 5) is -0.325. The standard InChI is InChI=1S/C12H17BrN2/c1-10-7-11(13)9-12(8-10)15-5-3-14(2)4-6-15/h7-9H,3-6H2,1-2H3/i1D3,2D3,3D2,4D2,5D2,6D2. The molecule has 1 heterocycles. The Balaban J connectivity index is 2.85. The second kappa shape index (κ2) is 4.54. The molecule has 0 spiro atoms. The van der Waals surface area contributed by atoms with Crippen molar-refractivity contribution in [2.75, 3.05) is 37.9 Å². The molecule has 82 valence electrons. The Kier molecular flexibility index (Phi) is 0.913. The van der Waals surface area contributed by atoms with Crippen LogP contribution in [0.5, 0.6) is 0 Å². The molecule has 0 radical (unpaired) electrons. The van der Waals surface area contributed by atoms with Crippen LogP contribution < -0.4 is 4.90 Å². The molecule has 15 heavy (non-hydrogen) atoms. The van der Waals surface area contributed by atoms with Crippen LogP contribution in [-0.2, 0) is 0 Å². The number of hydrogen-bond acceptors (Lipinski definition) is 2. The van der Waals surface area contributed by atoms with E-state index in [1.807, 2.05) is 0 Å². The zero-order chi connectivity index (χ0) is 23.0. The number of rotatable bonds is 1. The lowest BCUT2D eigenvalue weighted by Crippen LogP contribution is -2.44. The Morgan fingerprint density at radius 1 is 1.27 bits per heavy atom. The molecule has 1 aliphatic heterocycles. The number of likely N-dealkylation sites (N-methyl/N-ethyl adjacent to an activating group) is 1. The number of benzene rings is 1.